The second kappa shape index (κ2) is 6.91. The zero-order valence-electron chi connectivity index (χ0n) is 13.1. The van der Waals surface area contributed by atoms with Crippen molar-refractivity contribution in [2.45, 2.75) is 13.0 Å². The molecule has 1 atom stereocenters. The van der Waals surface area contributed by atoms with Gasteiger partial charge in [0.05, 0.1) is 17.3 Å². The molecule has 0 radical (unpaired) electrons. The predicted molar refractivity (Wildman–Crippen MR) is 91.4 cm³/mol. The molecule has 0 saturated carbocycles. The summed E-state index contributed by atoms with van der Waals surface area (Å²) in [5.41, 5.74) is 7.55. The smallest absolute Gasteiger partial charge is 0.404 e. The van der Waals surface area contributed by atoms with Crippen molar-refractivity contribution in [3.63, 3.8) is 0 Å². The highest BCUT2D eigenvalue weighted by atomic mass is 16.5. The lowest BCUT2D eigenvalue weighted by Gasteiger charge is -2.13. The largest absolute Gasteiger partial charge is 0.448 e. The number of para-hydroxylation sites is 1. The fourth-order valence-electron chi connectivity index (χ4n) is 2.27. The van der Waals surface area contributed by atoms with Crippen LogP contribution < -0.4 is 11.1 Å². The molecule has 2 heterocycles. The molecule has 0 aliphatic carbocycles. The summed E-state index contributed by atoms with van der Waals surface area (Å²) in [7, 11) is 0. The number of anilines is 1. The van der Waals surface area contributed by atoms with Crippen LogP contribution in [0.4, 0.5) is 10.7 Å². The van der Waals surface area contributed by atoms with Gasteiger partial charge in [0.25, 0.3) is 0 Å². The fraction of sp³-hybridized carbons (Fsp3) is 0.176. The summed E-state index contributed by atoms with van der Waals surface area (Å²) in [5, 5.41) is 4.12. The molecule has 1 unspecified atom stereocenters. The van der Waals surface area contributed by atoms with E-state index >= 15 is 0 Å². The molecule has 0 bridgehead atoms. The number of carbonyl (C=O) groups is 1. The number of rotatable bonds is 5. The second-order valence-electron chi connectivity index (χ2n) is 5.36. The third kappa shape index (κ3) is 3.75. The average Bonchev–Trinajstić information content (AvgIpc) is 2.60. The highest BCUT2D eigenvalue weighted by Gasteiger charge is 2.08. The SMILES string of the molecule is CC(COC(N)=O)Nc1nccc(-c2cnc3ccccc3c2)n1. The van der Waals surface area contributed by atoms with Crippen molar-refractivity contribution in [2.24, 2.45) is 5.73 Å². The van der Waals surface area contributed by atoms with Gasteiger partial charge in [-0.3, -0.25) is 4.98 Å². The van der Waals surface area contributed by atoms with E-state index in [0.717, 1.165) is 22.2 Å². The van der Waals surface area contributed by atoms with Crippen LogP contribution in [0.25, 0.3) is 22.2 Å². The van der Waals surface area contributed by atoms with Gasteiger partial charge < -0.3 is 15.8 Å². The predicted octanol–water partition coefficient (Wildman–Crippen LogP) is 2.59. The Balaban J connectivity index is 1.80. The van der Waals surface area contributed by atoms with Gasteiger partial charge in [-0.05, 0) is 25.1 Å². The summed E-state index contributed by atoms with van der Waals surface area (Å²) >= 11 is 0. The van der Waals surface area contributed by atoms with E-state index < -0.39 is 6.09 Å². The number of nitrogens with zero attached hydrogens (tertiary/aromatic N) is 3. The van der Waals surface area contributed by atoms with Crippen LogP contribution in [0, 0.1) is 0 Å². The molecule has 0 spiro atoms. The summed E-state index contributed by atoms with van der Waals surface area (Å²) in [5.74, 6) is 0.446. The Morgan fingerprint density at radius 1 is 1.29 bits per heavy atom. The van der Waals surface area contributed by atoms with E-state index in [2.05, 4.69) is 20.3 Å². The van der Waals surface area contributed by atoms with Crippen molar-refractivity contribution >= 4 is 22.9 Å². The first-order valence-corrected chi connectivity index (χ1v) is 7.49. The third-order valence-corrected chi connectivity index (χ3v) is 3.39. The molecule has 0 fully saturated rings. The number of ether oxygens (including phenoxy) is 1. The summed E-state index contributed by atoms with van der Waals surface area (Å²) in [4.78, 5) is 23.7. The number of hydrogen-bond donors (Lipinski definition) is 2. The number of fused-ring (bicyclic) bond motifs is 1. The molecule has 7 heteroatoms. The van der Waals surface area contributed by atoms with Gasteiger partial charge in [-0.1, -0.05) is 18.2 Å². The lowest BCUT2D eigenvalue weighted by molar-refractivity contribution is 0.153. The Kier molecular flexibility index (Phi) is 4.51. The van der Waals surface area contributed by atoms with E-state index in [-0.39, 0.29) is 12.6 Å². The first-order chi connectivity index (χ1) is 11.6. The number of aromatic nitrogens is 3. The molecule has 1 aromatic carbocycles. The Labute approximate surface area is 138 Å². The van der Waals surface area contributed by atoms with Crippen molar-refractivity contribution in [2.75, 3.05) is 11.9 Å². The Bertz CT molecular complexity index is 868. The molecular weight excluding hydrogens is 306 g/mol. The molecule has 2 aromatic heterocycles. The van der Waals surface area contributed by atoms with E-state index in [1.807, 2.05) is 43.3 Å². The minimum Gasteiger partial charge on any atom is -0.448 e. The van der Waals surface area contributed by atoms with Gasteiger partial charge >= 0.3 is 6.09 Å². The maximum absolute atomic E-state index is 10.6. The van der Waals surface area contributed by atoms with Crippen LogP contribution in [-0.4, -0.2) is 33.7 Å². The second-order valence-corrected chi connectivity index (χ2v) is 5.36. The van der Waals surface area contributed by atoms with Gasteiger partial charge in [0, 0.05) is 23.3 Å². The molecular formula is C17H17N5O2. The summed E-state index contributed by atoms with van der Waals surface area (Å²) in [6.07, 6.45) is 2.65. The maximum Gasteiger partial charge on any atom is 0.404 e. The minimum absolute atomic E-state index is 0.139. The van der Waals surface area contributed by atoms with Gasteiger partial charge in [-0.15, -0.1) is 0 Å². The molecule has 0 aliphatic rings. The molecule has 0 saturated heterocycles. The third-order valence-electron chi connectivity index (χ3n) is 3.39. The quantitative estimate of drug-likeness (QED) is 0.748. The van der Waals surface area contributed by atoms with Gasteiger partial charge in [0.2, 0.25) is 5.95 Å². The standard InChI is InChI=1S/C17H17N5O2/c1-11(10-24-16(18)23)21-17-19-7-6-15(22-17)13-8-12-4-2-3-5-14(12)20-9-13/h2-9,11H,10H2,1H3,(H2,18,23)(H,19,21,22). The molecule has 24 heavy (non-hydrogen) atoms. The number of nitrogens with one attached hydrogen (secondary N) is 1. The summed E-state index contributed by atoms with van der Waals surface area (Å²) in [6, 6.07) is 11.6. The van der Waals surface area contributed by atoms with E-state index in [4.69, 9.17) is 10.5 Å². The van der Waals surface area contributed by atoms with E-state index in [9.17, 15) is 4.79 Å². The normalized spacial score (nSPS) is 11.9. The zero-order chi connectivity index (χ0) is 16.9. The molecule has 122 valence electrons. The van der Waals surface area contributed by atoms with Crippen LogP contribution in [0.3, 0.4) is 0 Å². The van der Waals surface area contributed by atoms with Gasteiger partial charge in [-0.2, -0.15) is 0 Å². The summed E-state index contributed by atoms with van der Waals surface area (Å²) < 4.78 is 4.75. The highest BCUT2D eigenvalue weighted by molar-refractivity contribution is 5.82. The monoisotopic (exact) mass is 323 g/mol. The number of amides is 1. The zero-order valence-corrected chi connectivity index (χ0v) is 13.1. The Morgan fingerprint density at radius 2 is 2.12 bits per heavy atom. The number of benzene rings is 1. The van der Waals surface area contributed by atoms with Crippen molar-refractivity contribution in [1.82, 2.24) is 15.0 Å². The van der Waals surface area contributed by atoms with Crippen LogP contribution in [0.1, 0.15) is 6.92 Å². The van der Waals surface area contributed by atoms with Crippen LogP contribution in [-0.2, 0) is 4.74 Å². The lowest BCUT2D eigenvalue weighted by Crippen LogP contribution is -2.26. The van der Waals surface area contributed by atoms with E-state index in [0.29, 0.717) is 5.95 Å². The highest BCUT2D eigenvalue weighted by Crippen LogP contribution is 2.21. The average molecular weight is 323 g/mol. The van der Waals surface area contributed by atoms with Crippen LogP contribution >= 0.6 is 0 Å². The topological polar surface area (TPSA) is 103 Å². The Hall–Kier alpha value is -3.22. The fourth-order valence-corrected chi connectivity index (χ4v) is 2.27. The molecule has 0 aliphatic heterocycles. The maximum atomic E-state index is 10.6. The van der Waals surface area contributed by atoms with Crippen molar-refractivity contribution in [3.8, 4) is 11.3 Å². The lowest BCUT2D eigenvalue weighted by atomic mass is 10.1. The Morgan fingerprint density at radius 3 is 2.96 bits per heavy atom. The van der Waals surface area contributed by atoms with Crippen molar-refractivity contribution in [3.05, 3.63) is 48.8 Å². The van der Waals surface area contributed by atoms with Gasteiger partial charge in [-0.25, -0.2) is 14.8 Å². The van der Waals surface area contributed by atoms with Gasteiger partial charge in [0.15, 0.2) is 0 Å². The molecule has 3 rings (SSSR count). The van der Waals surface area contributed by atoms with Crippen LogP contribution in [0.15, 0.2) is 48.8 Å². The van der Waals surface area contributed by atoms with E-state index in [1.165, 1.54) is 0 Å². The number of hydrogen-bond acceptors (Lipinski definition) is 6. The summed E-state index contributed by atoms with van der Waals surface area (Å²) in [6.45, 7) is 1.98. The minimum atomic E-state index is -0.805. The molecule has 3 N–H and O–H groups in total. The number of carbonyl (C=O) groups excluding carboxylic acids is 1. The first kappa shape index (κ1) is 15.7. The first-order valence-electron chi connectivity index (χ1n) is 7.49. The molecule has 7 nitrogen and oxygen atoms in total. The number of primary amides is 1. The number of nitrogens with two attached hydrogens (primary N) is 1. The van der Waals surface area contributed by atoms with Crippen LogP contribution in [0.5, 0.6) is 0 Å². The number of pyridine rings is 1. The van der Waals surface area contributed by atoms with Crippen molar-refractivity contribution in [1.29, 1.82) is 0 Å². The molecule has 3 aromatic rings. The van der Waals surface area contributed by atoms with Crippen molar-refractivity contribution < 1.29 is 9.53 Å². The molecule has 1 amide bonds. The van der Waals surface area contributed by atoms with Gasteiger partial charge in [0.1, 0.15) is 6.61 Å². The van der Waals surface area contributed by atoms with E-state index in [1.54, 1.807) is 12.4 Å². The van der Waals surface area contributed by atoms with Crippen LogP contribution in [0.2, 0.25) is 0 Å².